The van der Waals surface area contributed by atoms with Crippen LogP contribution in [-0.2, 0) is 23.9 Å². The van der Waals surface area contributed by atoms with Crippen molar-refractivity contribution in [3.63, 3.8) is 0 Å². The van der Waals surface area contributed by atoms with E-state index in [-0.39, 0.29) is 5.57 Å². The lowest BCUT2D eigenvalue weighted by atomic mass is 9.84. The van der Waals surface area contributed by atoms with E-state index >= 15 is 0 Å². The predicted octanol–water partition coefficient (Wildman–Crippen LogP) is -0.615. The van der Waals surface area contributed by atoms with Gasteiger partial charge in [-0.1, -0.05) is 6.58 Å². The Morgan fingerprint density at radius 3 is 1.63 bits per heavy atom. The molecule has 1 aliphatic rings. The fourth-order valence-corrected chi connectivity index (χ4v) is 1.95. The van der Waals surface area contributed by atoms with Crippen molar-refractivity contribution in [2.75, 3.05) is 0 Å². The molecule has 19 heavy (non-hydrogen) atoms. The number of carbonyl (C=O) groups is 4. The Balaban J connectivity index is 3.24. The Labute approximate surface area is 107 Å². The highest BCUT2D eigenvalue weighted by molar-refractivity contribution is 6.02. The molecular weight excluding hydrogens is 260 g/mol. The van der Waals surface area contributed by atoms with Crippen LogP contribution in [0.5, 0.6) is 0 Å². The Morgan fingerprint density at radius 2 is 1.32 bits per heavy atom. The highest BCUT2D eigenvalue weighted by atomic mass is 16.5. The molecule has 4 atom stereocenters. The predicted molar refractivity (Wildman–Crippen MR) is 58.4 cm³/mol. The molecule has 104 valence electrons. The number of carbonyl (C=O) groups excluding carboxylic acids is 1. The minimum Gasteiger partial charge on any atom is -0.481 e. The SMILES string of the molecule is C=C(C)C(=O)C1OC(C(=O)O)C(C(=O)O)C1C(=O)O. The summed E-state index contributed by atoms with van der Waals surface area (Å²) in [5.74, 6) is -9.28. The van der Waals surface area contributed by atoms with Gasteiger partial charge < -0.3 is 20.1 Å². The van der Waals surface area contributed by atoms with Crippen LogP contribution in [0.4, 0.5) is 0 Å². The van der Waals surface area contributed by atoms with Gasteiger partial charge in [-0.15, -0.1) is 0 Å². The zero-order valence-electron chi connectivity index (χ0n) is 9.90. The average molecular weight is 272 g/mol. The standard InChI is InChI=1S/C11H12O8/c1-3(2)6(12)7-4(9(13)14)5(10(15)16)8(19-7)11(17)18/h4-5,7-8H,1H2,2H3,(H,13,14)(H,15,16)(H,17,18). The second kappa shape index (κ2) is 5.19. The van der Waals surface area contributed by atoms with Gasteiger partial charge in [-0.2, -0.15) is 0 Å². The molecule has 0 amide bonds. The van der Waals surface area contributed by atoms with Gasteiger partial charge in [-0.3, -0.25) is 14.4 Å². The van der Waals surface area contributed by atoms with Crippen LogP contribution in [0, 0.1) is 11.8 Å². The molecule has 1 heterocycles. The van der Waals surface area contributed by atoms with E-state index in [9.17, 15) is 19.2 Å². The zero-order chi connectivity index (χ0) is 14.9. The topological polar surface area (TPSA) is 138 Å². The lowest BCUT2D eigenvalue weighted by Gasteiger charge is -2.15. The molecule has 8 nitrogen and oxygen atoms in total. The largest absolute Gasteiger partial charge is 0.481 e. The third-order valence-corrected chi connectivity index (χ3v) is 2.83. The quantitative estimate of drug-likeness (QED) is 0.563. The number of ether oxygens (including phenoxy) is 1. The average Bonchev–Trinajstić information content (AvgIpc) is 2.67. The highest BCUT2D eigenvalue weighted by Gasteiger charge is 2.57. The molecule has 0 saturated carbocycles. The van der Waals surface area contributed by atoms with E-state index in [0.717, 1.165) is 0 Å². The lowest BCUT2D eigenvalue weighted by Crippen LogP contribution is -2.39. The third-order valence-electron chi connectivity index (χ3n) is 2.83. The Bertz CT molecular complexity index is 465. The molecule has 8 heteroatoms. The van der Waals surface area contributed by atoms with E-state index in [1.807, 2.05) is 0 Å². The maximum atomic E-state index is 11.7. The summed E-state index contributed by atoms with van der Waals surface area (Å²) >= 11 is 0. The van der Waals surface area contributed by atoms with Crippen molar-refractivity contribution in [2.45, 2.75) is 19.1 Å². The summed E-state index contributed by atoms with van der Waals surface area (Å²) in [5, 5.41) is 26.8. The first-order valence-electron chi connectivity index (χ1n) is 5.22. The summed E-state index contributed by atoms with van der Waals surface area (Å²) in [7, 11) is 0. The number of Topliss-reactive ketones (excluding diaryl/α,β-unsaturated/α-hetero) is 1. The van der Waals surface area contributed by atoms with Crippen molar-refractivity contribution in [3.8, 4) is 0 Å². The zero-order valence-corrected chi connectivity index (χ0v) is 9.90. The van der Waals surface area contributed by atoms with Crippen molar-refractivity contribution in [2.24, 2.45) is 11.8 Å². The number of hydrogen-bond donors (Lipinski definition) is 3. The maximum Gasteiger partial charge on any atom is 0.333 e. The van der Waals surface area contributed by atoms with Crippen molar-refractivity contribution < 1.29 is 39.2 Å². The summed E-state index contributed by atoms with van der Waals surface area (Å²) in [5.41, 5.74) is -0.0357. The van der Waals surface area contributed by atoms with Crippen LogP contribution in [0.1, 0.15) is 6.92 Å². The maximum absolute atomic E-state index is 11.7. The van der Waals surface area contributed by atoms with Gasteiger partial charge in [0.05, 0.1) is 0 Å². The number of aliphatic carboxylic acids is 3. The van der Waals surface area contributed by atoms with E-state index in [4.69, 9.17) is 20.1 Å². The van der Waals surface area contributed by atoms with E-state index < -0.39 is 47.7 Å². The molecule has 0 spiro atoms. The molecule has 1 saturated heterocycles. The van der Waals surface area contributed by atoms with Crippen LogP contribution in [0.25, 0.3) is 0 Å². The smallest absolute Gasteiger partial charge is 0.333 e. The second-order valence-corrected chi connectivity index (χ2v) is 4.19. The van der Waals surface area contributed by atoms with Crippen LogP contribution in [0.15, 0.2) is 12.2 Å². The first kappa shape index (κ1) is 14.8. The first-order chi connectivity index (χ1) is 8.68. The highest BCUT2D eigenvalue weighted by Crippen LogP contribution is 2.35. The summed E-state index contributed by atoms with van der Waals surface area (Å²) in [6.45, 7) is 4.62. The molecule has 4 unspecified atom stereocenters. The molecular formula is C11H12O8. The molecule has 1 rings (SSSR count). The summed E-state index contributed by atoms with van der Waals surface area (Å²) in [4.78, 5) is 44.8. The Morgan fingerprint density at radius 1 is 0.895 bits per heavy atom. The van der Waals surface area contributed by atoms with Crippen LogP contribution in [0.2, 0.25) is 0 Å². The molecule has 0 radical (unpaired) electrons. The Kier molecular flexibility index (Phi) is 4.05. The van der Waals surface area contributed by atoms with E-state index in [1.165, 1.54) is 6.92 Å². The number of hydrogen-bond acceptors (Lipinski definition) is 5. The molecule has 0 aliphatic carbocycles. The fraction of sp³-hybridized carbons (Fsp3) is 0.455. The van der Waals surface area contributed by atoms with Gasteiger partial charge in [0.2, 0.25) is 0 Å². The summed E-state index contributed by atoms with van der Waals surface area (Å²) in [6.07, 6.45) is -3.54. The lowest BCUT2D eigenvalue weighted by molar-refractivity contribution is -0.159. The van der Waals surface area contributed by atoms with Gasteiger partial charge >= 0.3 is 17.9 Å². The Hall–Kier alpha value is -2.22. The van der Waals surface area contributed by atoms with Crippen molar-refractivity contribution >= 4 is 23.7 Å². The van der Waals surface area contributed by atoms with Gasteiger partial charge in [-0.25, -0.2) is 4.79 Å². The number of rotatable bonds is 5. The molecule has 3 N–H and O–H groups in total. The monoisotopic (exact) mass is 272 g/mol. The van der Waals surface area contributed by atoms with E-state index in [1.54, 1.807) is 0 Å². The minimum absolute atomic E-state index is 0.0357. The fourth-order valence-electron chi connectivity index (χ4n) is 1.95. The van der Waals surface area contributed by atoms with Crippen molar-refractivity contribution in [3.05, 3.63) is 12.2 Å². The number of ketones is 1. The van der Waals surface area contributed by atoms with Gasteiger partial charge in [0.25, 0.3) is 0 Å². The number of carboxylic acids is 3. The van der Waals surface area contributed by atoms with Crippen LogP contribution in [0.3, 0.4) is 0 Å². The normalized spacial score (nSPS) is 29.7. The van der Waals surface area contributed by atoms with Crippen LogP contribution in [-0.4, -0.2) is 51.2 Å². The molecule has 0 bridgehead atoms. The van der Waals surface area contributed by atoms with Gasteiger partial charge in [-0.05, 0) is 12.5 Å². The summed E-state index contributed by atoms with van der Waals surface area (Å²) in [6, 6.07) is 0. The minimum atomic E-state index is -1.88. The van der Waals surface area contributed by atoms with E-state index in [2.05, 4.69) is 6.58 Å². The molecule has 0 aromatic carbocycles. The van der Waals surface area contributed by atoms with Gasteiger partial charge in [0.15, 0.2) is 11.9 Å². The van der Waals surface area contributed by atoms with E-state index in [0.29, 0.717) is 0 Å². The van der Waals surface area contributed by atoms with Crippen LogP contribution < -0.4 is 0 Å². The number of carboxylic acid groups (broad SMARTS) is 3. The van der Waals surface area contributed by atoms with Crippen molar-refractivity contribution in [1.82, 2.24) is 0 Å². The third kappa shape index (κ3) is 2.63. The molecule has 0 aromatic rings. The second-order valence-electron chi connectivity index (χ2n) is 4.19. The molecule has 1 aliphatic heterocycles. The van der Waals surface area contributed by atoms with Gasteiger partial charge in [0, 0.05) is 0 Å². The first-order valence-corrected chi connectivity index (χ1v) is 5.22. The molecule has 0 aromatic heterocycles. The van der Waals surface area contributed by atoms with Crippen molar-refractivity contribution in [1.29, 1.82) is 0 Å². The van der Waals surface area contributed by atoms with Gasteiger partial charge in [0.1, 0.15) is 17.9 Å². The van der Waals surface area contributed by atoms with Crippen LogP contribution >= 0.6 is 0 Å². The summed E-state index contributed by atoms with van der Waals surface area (Å²) < 4.78 is 4.82. The molecule has 1 fully saturated rings.